The summed E-state index contributed by atoms with van der Waals surface area (Å²) in [5.74, 6) is -0.187. The smallest absolute Gasteiger partial charge is 0.251 e. The van der Waals surface area contributed by atoms with E-state index in [1.54, 1.807) is 26.2 Å². The largest absolute Gasteiger partial charge is 0.392 e. The molecule has 1 atom stereocenters. The maximum atomic E-state index is 11.8. The van der Waals surface area contributed by atoms with Gasteiger partial charge in [-0.25, -0.2) is 0 Å². The monoisotopic (exact) mass is 223 g/mol. The molecule has 0 saturated heterocycles. The first-order valence-electron chi connectivity index (χ1n) is 5.18. The van der Waals surface area contributed by atoms with Gasteiger partial charge in [0.1, 0.15) is 0 Å². The Morgan fingerprint density at radius 2 is 2.19 bits per heavy atom. The summed E-state index contributed by atoms with van der Waals surface area (Å²) in [7, 11) is 1.59. The van der Waals surface area contributed by atoms with Crippen molar-refractivity contribution in [1.29, 1.82) is 0 Å². The fraction of sp³-hybridized carbons (Fsp3) is 0.417. The number of amides is 1. The molecule has 1 rings (SSSR count). The molecule has 0 aliphatic carbocycles. The Morgan fingerprint density at radius 3 is 2.81 bits per heavy atom. The summed E-state index contributed by atoms with van der Waals surface area (Å²) >= 11 is 0. The highest BCUT2D eigenvalue weighted by molar-refractivity contribution is 5.95. The number of methoxy groups -OCH3 is 1. The van der Waals surface area contributed by atoms with Gasteiger partial charge < -0.3 is 15.2 Å². The number of carbonyl (C=O) groups is 1. The van der Waals surface area contributed by atoms with Crippen molar-refractivity contribution >= 4 is 5.91 Å². The van der Waals surface area contributed by atoms with E-state index in [9.17, 15) is 4.79 Å². The molecule has 2 N–H and O–H groups in total. The van der Waals surface area contributed by atoms with Gasteiger partial charge in [-0.2, -0.15) is 0 Å². The van der Waals surface area contributed by atoms with Crippen molar-refractivity contribution in [2.75, 3.05) is 13.7 Å². The number of rotatable bonds is 5. The molecule has 0 aromatic heterocycles. The molecule has 0 radical (unpaired) electrons. The van der Waals surface area contributed by atoms with Crippen LogP contribution in [0.2, 0.25) is 0 Å². The van der Waals surface area contributed by atoms with Crippen LogP contribution in [-0.4, -0.2) is 30.8 Å². The molecule has 1 aromatic carbocycles. The molecule has 0 bridgehead atoms. The van der Waals surface area contributed by atoms with Crippen molar-refractivity contribution in [3.05, 3.63) is 35.4 Å². The quantitative estimate of drug-likeness (QED) is 0.781. The molecule has 0 aliphatic rings. The van der Waals surface area contributed by atoms with E-state index in [2.05, 4.69) is 5.32 Å². The summed E-state index contributed by atoms with van der Waals surface area (Å²) in [5.41, 5.74) is 1.43. The molecule has 0 saturated carbocycles. The Hall–Kier alpha value is -1.39. The Labute approximate surface area is 95.2 Å². The number of hydrogen-bond acceptors (Lipinski definition) is 3. The van der Waals surface area contributed by atoms with Gasteiger partial charge in [0, 0.05) is 19.2 Å². The summed E-state index contributed by atoms with van der Waals surface area (Å²) in [6.45, 7) is 2.28. The summed E-state index contributed by atoms with van der Waals surface area (Å²) < 4.78 is 5.01. The molecule has 0 fully saturated rings. The van der Waals surface area contributed by atoms with Gasteiger partial charge in [0.05, 0.1) is 12.7 Å². The van der Waals surface area contributed by atoms with Crippen molar-refractivity contribution in [2.45, 2.75) is 19.6 Å². The summed E-state index contributed by atoms with van der Waals surface area (Å²) in [5, 5.41) is 11.7. The van der Waals surface area contributed by atoms with Gasteiger partial charge in [-0.05, 0) is 18.6 Å². The minimum absolute atomic E-state index is 0.187. The predicted molar refractivity (Wildman–Crippen MR) is 61.2 cm³/mol. The lowest BCUT2D eigenvalue weighted by molar-refractivity contribution is 0.0919. The van der Waals surface area contributed by atoms with Gasteiger partial charge in [-0.3, -0.25) is 4.79 Å². The number of nitrogens with one attached hydrogen (secondary N) is 1. The molecule has 0 unspecified atom stereocenters. The third-order valence-electron chi connectivity index (χ3n) is 2.12. The molecule has 88 valence electrons. The number of benzene rings is 1. The first kappa shape index (κ1) is 12.7. The van der Waals surface area contributed by atoms with Crippen LogP contribution in [0.25, 0.3) is 0 Å². The number of aliphatic hydroxyl groups excluding tert-OH is 1. The zero-order valence-electron chi connectivity index (χ0n) is 9.56. The third-order valence-corrected chi connectivity index (χ3v) is 2.12. The molecule has 16 heavy (non-hydrogen) atoms. The maximum absolute atomic E-state index is 11.8. The summed E-state index contributed by atoms with van der Waals surface area (Å²) in [6, 6.07) is 7.25. The van der Waals surface area contributed by atoms with Crippen molar-refractivity contribution < 1.29 is 14.6 Å². The number of hydrogen-bond donors (Lipinski definition) is 2. The second-order valence-electron chi connectivity index (χ2n) is 3.65. The van der Waals surface area contributed by atoms with Crippen LogP contribution in [0.5, 0.6) is 0 Å². The minimum Gasteiger partial charge on any atom is -0.392 e. The third kappa shape index (κ3) is 3.64. The summed E-state index contributed by atoms with van der Waals surface area (Å²) in [4.78, 5) is 11.8. The normalized spacial score (nSPS) is 12.2. The SMILES string of the molecule is COCc1ccccc1C(=O)NC[C@H](C)O. The number of aliphatic hydroxyl groups is 1. The average Bonchev–Trinajstić information content (AvgIpc) is 2.27. The topological polar surface area (TPSA) is 58.6 Å². The minimum atomic E-state index is -0.543. The number of ether oxygens (including phenoxy) is 1. The Bertz CT molecular complexity index is 350. The molecule has 1 amide bonds. The molecule has 0 heterocycles. The molecular formula is C12H17NO3. The van der Waals surface area contributed by atoms with E-state index >= 15 is 0 Å². The van der Waals surface area contributed by atoms with Gasteiger partial charge in [0.15, 0.2) is 0 Å². The molecule has 4 heteroatoms. The molecule has 4 nitrogen and oxygen atoms in total. The van der Waals surface area contributed by atoms with Gasteiger partial charge in [-0.15, -0.1) is 0 Å². The number of carbonyl (C=O) groups excluding carboxylic acids is 1. The van der Waals surface area contributed by atoms with Crippen LogP contribution in [0.3, 0.4) is 0 Å². The van der Waals surface area contributed by atoms with Crippen LogP contribution in [-0.2, 0) is 11.3 Å². The van der Waals surface area contributed by atoms with Gasteiger partial charge >= 0.3 is 0 Å². The molecule has 1 aromatic rings. The van der Waals surface area contributed by atoms with Gasteiger partial charge in [0.2, 0.25) is 0 Å². The first-order chi connectivity index (χ1) is 7.65. The van der Waals surface area contributed by atoms with E-state index in [4.69, 9.17) is 9.84 Å². The Balaban J connectivity index is 2.73. The van der Waals surface area contributed by atoms with Crippen molar-refractivity contribution in [3.63, 3.8) is 0 Å². The highest BCUT2D eigenvalue weighted by Crippen LogP contribution is 2.09. The maximum Gasteiger partial charge on any atom is 0.251 e. The van der Waals surface area contributed by atoms with Crippen LogP contribution < -0.4 is 5.32 Å². The lowest BCUT2D eigenvalue weighted by atomic mass is 10.1. The van der Waals surface area contributed by atoms with Crippen LogP contribution in [0.1, 0.15) is 22.8 Å². The predicted octanol–water partition coefficient (Wildman–Crippen LogP) is 0.944. The van der Waals surface area contributed by atoms with Crippen molar-refractivity contribution in [1.82, 2.24) is 5.32 Å². The fourth-order valence-corrected chi connectivity index (χ4v) is 1.36. The van der Waals surface area contributed by atoms with Crippen LogP contribution in [0.15, 0.2) is 24.3 Å². The van der Waals surface area contributed by atoms with E-state index < -0.39 is 6.10 Å². The lowest BCUT2D eigenvalue weighted by Crippen LogP contribution is -2.31. The average molecular weight is 223 g/mol. The van der Waals surface area contributed by atoms with Crippen LogP contribution in [0.4, 0.5) is 0 Å². The second kappa shape index (κ2) is 6.25. The molecule has 0 aliphatic heterocycles. The highest BCUT2D eigenvalue weighted by Gasteiger charge is 2.10. The lowest BCUT2D eigenvalue weighted by Gasteiger charge is -2.10. The molecular weight excluding hydrogens is 206 g/mol. The van der Waals surface area contributed by atoms with E-state index in [1.165, 1.54) is 0 Å². The zero-order chi connectivity index (χ0) is 12.0. The van der Waals surface area contributed by atoms with Gasteiger partial charge in [0.25, 0.3) is 5.91 Å². The van der Waals surface area contributed by atoms with Crippen molar-refractivity contribution in [3.8, 4) is 0 Å². The van der Waals surface area contributed by atoms with Crippen LogP contribution >= 0.6 is 0 Å². The van der Waals surface area contributed by atoms with E-state index in [0.717, 1.165) is 5.56 Å². The van der Waals surface area contributed by atoms with E-state index in [-0.39, 0.29) is 12.5 Å². The standard InChI is InChI=1S/C12H17NO3/c1-9(14)7-13-12(15)11-6-4-3-5-10(11)8-16-2/h3-6,9,14H,7-8H2,1-2H3,(H,13,15)/t9-/m0/s1. The van der Waals surface area contributed by atoms with E-state index in [1.807, 2.05) is 12.1 Å². The fourth-order valence-electron chi connectivity index (χ4n) is 1.36. The summed E-state index contributed by atoms with van der Waals surface area (Å²) in [6.07, 6.45) is -0.543. The van der Waals surface area contributed by atoms with Crippen molar-refractivity contribution in [2.24, 2.45) is 0 Å². The Kier molecular flexibility index (Phi) is 4.95. The van der Waals surface area contributed by atoms with Gasteiger partial charge in [-0.1, -0.05) is 18.2 Å². The second-order valence-corrected chi connectivity index (χ2v) is 3.65. The zero-order valence-corrected chi connectivity index (χ0v) is 9.56. The first-order valence-corrected chi connectivity index (χ1v) is 5.18. The van der Waals surface area contributed by atoms with E-state index in [0.29, 0.717) is 12.2 Å². The Morgan fingerprint density at radius 1 is 1.50 bits per heavy atom. The van der Waals surface area contributed by atoms with Crippen LogP contribution in [0, 0.1) is 0 Å². The highest BCUT2D eigenvalue weighted by atomic mass is 16.5. The molecule has 0 spiro atoms.